The number of benzene rings is 2. The third kappa shape index (κ3) is 5.75. The largest absolute Gasteiger partial charge is 0.468 e. The first-order valence-electron chi connectivity index (χ1n) is 11.1. The molecule has 3 rings (SSSR count). The Morgan fingerprint density at radius 1 is 1.08 bits per heavy atom. The van der Waals surface area contributed by atoms with Gasteiger partial charge in [0.2, 0.25) is 11.8 Å². The van der Waals surface area contributed by atoms with Gasteiger partial charge in [0.25, 0.3) is 0 Å². The van der Waals surface area contributed by atoms with E-state index in [2.05, 4.69) is 16.7 Å². The zero-order chi connectivity index (χ0) is 26.2. The highest BCUT2D eigenvalue weighted by Crippen LogP contribution is 2.40. The van der Waals surface area contributed by atoms with Crippen LogP contribution in [-0.4, -0.2) is 43.7 Å². The van der Waals surface area contributed by atoms with Crippen LogP contribution in [0.4, 0.5) is 5.69 Å². The van der Waals surface area contributed by atoms with Gasteiger partial charge in [-0.3, -0.25) is 14.4 Å². The molecule has 1 heterocycles. The Hall–Kier alpha value is -4.10. The molecule has 2 aromatic rings. The number of nitriles is 1. The summed E-state index contributed by atoms with van der Waals surface area (Å²) in [5, 5.41) is 15.6. The van der Waals surface area contributed by atoms with E-state index >= 15 is 0 Å². The minimum atomic E-state index is -1.32. The first kappa shape index (κ1) is 26.5. The number of hydrogen-bond donors (Lipinski definition) is 2. The van der Waals surface area contributed by atoms with Gasteiger partial charge in [0.1, 0.15) is 5.92 Å². The van der Waals surface area contributed by atoms with Crippen LogP contribution in [0.5, 0.6) is 0 Å². The molecular weight excluding hydrogens is 482 g/mol. The lowest BCUT2D eigenvalue weighted by atomic mass is 9.78. The van der Waals surface area contributed by atoms with E-state index in [0.29, 0.717) is 11.3 Å². The Labute approximate surface area is 212 Å². The van der Waals surface area contributed by atoms with E-state index in [1.807, 2.05) is 25.1 Å². The number of ether oxygens (including phenoxy) is 2. The molecule has 0 saturated heterocycles. The molecule has 0 unspecified atom stereocenters. The number of esters is 2. The Bertz CT molecular complexity index is 1250. The number of carbonyl (C=O) groups excluding carboxylic acids is 4. The number of methoxy groups -OCH3 is 2. The van der Waals surface area contributed by atoms with E-state index in [-0.39, 0.29) is 27.8 Å². The van der Waals surface area contributed by atoms with Crippen molar-refractivity contribution >= 4 is 41.2 Å². The Kier molecular flexibility index (Phi) is 8.86. The number of thioether (sulfide) groups is 1. The topological polar surface area (TPSA) is 135 Å². The summed E-state index contributed by atoms with van der Waals surface area (Å²) in [6, 6.07) is 15.6. The van der Waals surface area contributed by atoms with E-state index in [1.165, 1.54) is 19.2 Å². The fourth-order valence-electron chi connectivity index (χ4n) is 3.90. The number of para-hydroxylation sites is 1. The van der Waals surface area contributed by atoms with Crippen LogP contribution in [0, 0.1) is 17.2 Å². The maximum Gasteiger partial charge on any atom is 0.337 e. The molecule has 0 fully saturated rings. The molecule has 1 aliphatic heterocycles. The minimum Gasteiger partial charge on any atom is -0.468 e. The van der Waals surface area contributed by atoms with E-state index in [0.717, 1.165) is 30.9 Å². The molecule has 0 saturated carbocycles. The molecule has 2 N–H and O–H groups in total. The van der Waals surface area contributed by atoms with E-state index in [1.54, 1.807) is 18.2 Å². The number of hydrogen-bond acceptors (Lipinski definition) is 8. The van der Waals surface area contributed by atoms with Crippen LogP contribution in [0.3, 0.4) is 0 Å². The van der Waals surface area contributed by atoms with Gasteiger partial charge < -0.3 is 20.1 Å². The maximum absolute atomic E-state index is 12.9. The van der Waals surface area contributed by atoms with Crippen LogP contribution in [0.1, 0.15) is 34.3 Å². The second kappa shape index (κ2) is 12.0. The van der Waals surface area contributed by atoms with Gasteiger partial charge in [0.15, 0.2) is 0 Å². The molecule has 0 radical (unpaired) electrons. The molecule has 2 atom stereocenters. The summed E-state index contributed by atoms with van der Waals surface area (Å²) in [6.45, 7) is 1.98. The number of carbonyl (C=O) groups is 4. The molecule has 0 aromatic heterocycles. The van der Waals surface area contributed by atoms with Crippen molar-refractivity contribution in [3.05, 3.63) is 75.8 Å². The Morgan fingerprint density at radius 3 is 2.39 bits per heavy atom. The predicted octanol–water partition coefficient (Wildman–Crippen LogP) is 3.15. The number of nitrogens with one attached hydrogen (secondary N) is 2. The molecule has 9 nitrogen and oxygen atoms in total. The van der Waals surface area contributed by atoms with Crippen LogP contribution < -0.4 is 10.6 Å². The van der Waals surface area contributed by atoms with E-state index in [9.17, 15) is 24.4 Å². The first-order valence-corrected chi connectivity index (χ1v) is 12.0. The maximum atomic E-state index is 12.9. The molecule has 0 bridgehead atoms. The number of nitrogens with zero attached hydrogens (tertiary/aromatic N) is 1. The lowest BCUT2D eigenvalue weighted by Gasteiger charge is -2.31. The monoisotopic (exact) mass is 507 g/mol. The van der Waals surface area contributed by atoms with Crippen molar-refractivity contribution < 1.29 is 28.7 Å². The van der Waals surface area contributed by atoms with Crippen LogP contribution in [0.2, 0.25) is 0 Å². The summed E-state index contributed by atoms with van der Waals surface area (Å²) in [4.78, 5) is 49.9. The molecule has 0 spiro atoms. The van der Waals surface area contributed by atoms with Crippen molar-refractivity contribution in [3.63, 3.8) is 0 Å². The summed E-state index contributed by atoms with van der Waals surface area (Å²) < 4.78 is 9.54. The van der Waals surface area contributed by atoms with Gasteiger partial charge in [0.05, 0.1) is 42.2 Å². The third-order valence-electron chi connectivity index (χ3n) is 5.69. The molecule has 2 amide bonds. The van der Waals surface area contributed by atoms with Crippen molar-refractivity contribution in [1.29, 1.82) is 5.26 Å². The number of anilines is 1. The minimum absolute atomic E-state index is 0.0737. The van der Waals surface area contributed by atoms with Gasteiger partial charge in [-0.1, -0.05) is 49.0 Å². The van der Waals surface area contributed by atoms with Crippen molar-refractivity contribution in [1.82, 2.24) is 5.32 Å². The fourth-order valence-corrected chi connectivity index (χ4v) is 4.75. The number of rotatable bonds is 8. The Balaban J connectivity index is 1.91. The molecule has 2 aromatic carbocycles. The molecule has 1 aliphatic rings. The van der Waals surface area contributed by atoms with Crippen molar-refractivity contribution in [2.45, 2.75) is 19.3 Å². The molecule has 0 aliphatic carbocycles. The lowest BCUT2D eigenvalue weighted by molar-refractivity contribution is -0.150. The van der Waals surface area contributed by atoms with Crippen molar-refractivity contribution in [2.75, 3.05) is 25.3 Å². The van der Waals surface area contributed by atoms with E-state index < -0.39 is 29.7 Å². The van der Waals surface area contributed by atoms with Crippen LogP contribution in [-0.2, 0) is 30.3 Å². The van der Waals surface area contributed by atoms with Gasteiger partial charge in [-0.2, -0.15) is 5.26 Å². The predicted molar refractivity (Wildman–Crippen MR) is 134 cm³/mol. The molecule has 10 heteroatoms. The van der Waals surface area contributed by atoms with Crippen LogP contribution in [0.15, 0.2) is 59.1 Å². The summed E-state index contributed by atoms with van der Waals surface area (Å²) in [5.74, 6) is -4.67. The number of amides is 2. The number of allylic oxidation sites excluding steroid dienone is 1. The second-order valence-electron chi connectivity index (χ2n) is 7.78. The van der Waals surface area contributed by atoms with Crippen molar-refractivity contribution in [3.8, 4) is 6.07 Å². The third-order valence-corrected chi connectivity index (χ3v) is 6.71. The van der Waals surface area contributed by atoms with Gasteiger partial charge >= 0.3 is 11.9 Å². The van der Waals surface area contributed by atoms with Crippen molar-refractivity contribution in [2.24, 2.45) is 5.92 Å². The summed E-state index contributed by atoms with van der Waals surface area (Å²) in [5.41, 5.74) is 2.53. The smallest absolute Gasteiger partial charge is 0.337 e. The van der Waals surface area contributed by atoms with Gasteiger partial charge in [-0.25, -0.2) is 4.79 Å². The average molecular weight is 508 g/mol. The van der Waals surface area contributed by atoms with Crippen LogP contribution in [0.25, 0.3) is 0 Å². The zero-order valence-corrected chi connectivity index (χ0v) is 20.8. The Morgan fingerprint density at radius 2 is 1.78 bits per heavy atom. The SMILES string of the molecule is CCc1ccccc1NC(=O)CSC1=C(C#N)[C@H](c2ccc(C(=O)OC)cc2)[C@H](C(=O)OC)C(=O)N1. The van der Waals surface area contributed by atoms with Gasteiger partial charge in [0, 0.05) is 11.6 Å². The summed E-state index contributed by atoms with van der Waals surface area (Å²) >= 11 is 0.993. The normalized spacial score (nSPS) is 17.0. The quantitative estimate of drug-likeness (QED) is 0.411. The zero-order valence-electron chi connectivity index (χ0n) is 20.0. The van der Waals surface area contributed by atoms with E-state index in [4.69, 9.17) is 9.47 Å². The first-order chi connectivity index (χ1) is 17.3. The van der Waals surface area contributed by atoms with Gasteiger partial charge in [-0.05, 0) is 35.7 Å². The second-order valence-corrected chi connectivity index (χ2v) is 8.77. The lowest BCUT2D eigenvalue weighted by Crippen LogP contribution is -2.44. The van der Waals surface area contributed by atoms with Gasteiger partial charge in [-0.15, -0.1) is 0 Å². The fraction of sp³-hybridized carbons (Fsp3) is 0.269. The highest BCUT2D eigenvalue weighted by molar-refractivity contribution is 8.03. The van der Waals surface area contributed by atoms with Crippen LogP contribution >= 0.6 is 11.8 Å². The highest BCUT2D eigenvalue weighted by Gasteiger charge is 2.44. The molecule has 186 valence electrons. The summed E-state index contributed by atoms with van der Waals surface area (Å²) in [7, 11) is 2.41. The number of aryl methyl sites for hydroxylation is 1. The highest BCUT2D eigenvalue weighted by atomic mass is 32.2. The summed E-state index contributed by atoms with van der Waals surface area (Å²) in [6.07, 6.45) is 0.745. The standard InChI is InChI=1S/C26H25N3O6S/c1-4-15-7-5-6-8-19(15)28-20(30)14-36-24-18(13-27)21(22(23(31)29-24)26(33)35-3)16-9-11-17(12-10-16)25(32)34-2/h5-12,21-22H,4,14H2,1-3H3,(H,28,30)(H,29,31)/t21-,22-/m0/s1. The molecular formula is C26H25N3O6S. The molecule has 36 heavy (non-hydrogen) atoms. The average Bonchev–Trinajstić information content (AvgIpc) is 2.90.